The Morgan fingerprint density at radius 3 is 2.34 bits per heavy atom. The average molecular weight is 580 g/mol. The molecule has 10 heteroatoms. The summed E-state index contributed by atoms with van der Waals surface area (Å²) in [6.45, 7) is 1.47. The number of alkyl halides is 3. The number of hydrogen-bond acceptors (Lipinski definition) is 5. The van der Waals surface area contributed by atoms with Gasteiger partial charge in [-0.1, -0.05) is 42.5 Å². The maximum atomic E-state index is 13.4. The van der Waals surface area contributed by atoms with Crippen molar-refractivity contribution in [2.24, 2.45) is 0 Å². The third-order valence-corrected chi connectivity index (χ3v) is 8.21. The van der Waals surface area contributed by atoms with Gasteiger partial charge in [-0.25, -0.2) is 4.98 Å². The fraction of sp³-hybridized carbons (Fsp3) is 0.258. The van der Waals surface area contributed by atoms with E-state index in [2.05, 4.69) is 10.3 Å². The number of aromatic hydroxyl groups is 1. The van der Waals surface area contributed by atoms with E-state index in [1.807, 2.05) is 12.1 Å². The molecule has 0 bridgehead atoms. The van der Waals surface area contributed by atoms with E-state index in [0.29, 0.717) is 61.3 Å². The topological polar surface area (TPSA) is 82.5 Å². The van der Waals surface area contributed by atoms with Gasteiger partial charge in [0.15, 0.2) is 0 Å². The molecule has 1 fully saturated rings. The number of nitrogens with one attached hydrogen (secondary N) is 1. The summed E-state index contributed by atoms with van der Waals surface area (Å²) in [5, 5.41) is 14.9. The monoisotopic (exact) mass is 579 g/mol. The van der Waals surface area contributed by atoms with E-state index in [-0.39, 0.29) is 23.5 Å². The van der Waals surface area contributed by atoms with Crippen LogP contribution in [-0.4, -0.2) is 46.4 Å². The molecule has 2 N–H and O–H groups in total. The maximum absolute atomic E-state index is 13.4. The van der Waals surface area contributed by atoms with Gasteiger partial charge in [-0.15, -0.1) is 11.3 Å². The Labute approximate surface area is 239 Å². The van der Waals surface area contributed by atoms with Crippen molar-refractivity contribution in [3.63, 3.8) is 0 Å². The number of amides is 2. The van der Waals surface area contributed by atoms with Gasteiger partial charge in [0.2, 0.25) is 0 Å². The zero-order valence-electron chi connectivity index (χ0n) is 22.0. The number of hydrogen-bond donors (Lipinski definition) is 2. The molecule has 0 saturated carbocycles. The first-order valence-electron chi connectivity index (χ1n) is 13.3. The van der Waals surface area contributed by atoms with Crippen molar-refractivity contribution < 1.29 is 27.9 Å². The SMILES string of the molecule is O=C(NCCc1ccc(O)cc1)c1csc(C2CCN(C(=O)c3ccccc3-c3ccc(C(F)(F)F)cc3)CC2)n1. The quantitative estimate of drug-likeness (QED) is 0.261. The normalized spacial score (nSPS) is 14.2. The number of aromatic nitrogens is 1. The molecular formula is C31H28F3N3O3S. The minimum Gasteiger partial charge on any atom is -0.508 e. The number of phenols is 1. The van der Waals surface area contributed by atoms with E-state index in [0.717, 1.165) is 22.7 Å². The summed E-state index contributed by atoms with van der Waals surface area (Å²) in [4.78, 5) is 32.4. The molecule has 41 heavy (non-hydrogen) atoms. The van der Waals surface area contributed by atoms with Gasteiger partial charge in [-0.05, 0) is 66.3 Å². The van der Waals surface area contributed by atoms with Crippen LogP contribution >= 0.6 is 11.3 Å². The van der Waals surface area contributed by atoms with E-state index in [4.69, 9.17) is 0 Å². The number of halogens is 3. The predicted molar refractivity (Wildman–Crippen MR) is 151 cm³/mol. The van der Waals surface area contributed by atoms with Gasteiger partial charge in [0, 0.05) is 36.5 Å². The summed E-state index contributed by atoms with van der Waals surface area (Å²) in [7, 11) is 0. The molecule has 6 nitrogen and oxygen atoms in total. The van der Waals surface area contributed by atoms with Crippen molar-refractivity contribution in [1.82, 2.24) is 15.2 Å². The van der Waals surface area contributed by atoms with Crippen molar-refractivity contribution in [3.05, 3.63) is 106 Å². The first-order chi connectivity index (χ1) is 19.7. The van der Waals surface area contributed by atoms with Gasteiger partial charge in [-0.2, -0.15) is 13.2 Å². The van der Waals surface area contributed by atoms with Crippen molar-refractivity contribution in [1.29, 1.82) is 0 Å². The lowest BCUT2D eigenvalue weighted by Crippen LogP contribution is -2.38. The number of piperidine rings is 1. The highest BCUT2D eigenvalue weighted by Crippen LogP contribution is 2.34. The van der Waals surface area contributed by atoms with Crippen molar-refractivity contribution in [2.45, 2.75) is 31.4 Å². The molecule has 0 radical (unpaired) electrons. The van der Waals surface area contributed by atoms with Gasteiger partial charge in [0.25, 0.3) is 11.8 Å². The molecule has 1 aromatic heterocycles. The smallest absolute Gasteiger partial charge is 0.416 e. The molecule has 0 atom stereocenters. The Hall–Kier alpha value is -4.18. The maximum Gasteiger partial charge on any atom is 0.416 e. The van der Waals surface area contributed by atoms with Gasteiger partial charge >= 0.3 is 6.18 Å². The van der Waals surface area contributed by atoms with Crippen molar-refractivity contribution >= 4 is 23.2 Å². The molecule has 4 aromatic rings. The lowest BCUT2D eigenvalue weighted by Gasteiger charge is -2.31. The van der Waals surface area contributed by atoms with Crippen LogP contribution in [0, 0.1) is 0 Å². The predicted octanol–water partition coefficient (Wildman–Crippen LogP) is 6.53. The molecular weight excluding hydrogens is 551 g/mol. The van der Waals surface area contributed by atoms with Crippen molar-refractivity contribution in [3.8, 4) is 16.9 Å². The number of rotatable bonds is 7. The molecule has 212 valence electrons. The molecule has 0 aliphatic carbocycles. The van der Waals surface area contributed by atoms with Crippen LogP contribution in [0.5, 0.6) is 5.75 Å². The van der Waals surface area contributed by atoms with Crippen LogP contribution in [0.2, 0.25) is 0 Å². The summed E-state index contributed by atoms with van der Waals surface area (Å²) < 4.78 is 39.0. The number of carbonyl (C=O) groups excluding carboxylic acids is 2. The van der Waals surface area contributed by atoms with E-state index in [9.17, 15) is 27.9 Å². The number of phenolic OH excluding ortho intramolecular Hbond substituents is 1. The average Bonchev–Trinajstić information content (AvgIpc) is 3.48. The summed E-state index contributed by atoms with van der Waals surface area (Å²) >= 11 is 1.44. The van der Waals surface area contributed by atoms with Crippen LogP contribution < -0.4 is 5.32 Å². The Balaban J connectivity index is 1.17. The first kappa shape index (κ1) is 28.4. The number of thiazole rings is 1. The fourth-order valence-electron chi connectivity index (χ4n) is 4.91. The Morgan fingerprint density at radius 1 is 0.976 bits per heavy atom. The lowest BCUT2D eigenvalue weighted by atomic mass is 9.94. The molecule has 1 saturated heterocycles. The van der Waals surface area contributed by atoms with E-state index >= 15 is 0 Å². The zero-order valence-corrected chi connectivity index (χ0v) is 22.8. The van der Waals surface area contributed by atoms with Crippen LogP contribution in [0.15, 0.2) is 78.2 Å². The zero-order chi connectivity index (χ0) is 29.0. The van der Waals surface area contributed by atoms with E-state index in [1.165, 1.54) is 23.5 Å². The highest BCUT2D eigenvalue weighted by atomic mass is 32.1. The molecule has 1 aliphatic heterocycles. The summed E-state index contributed by atoms with van der Waals surface area (Å²) in [6.07, 6.45) is -2.39. The second kappa shape index (κ2) is 12.1. The molecule has 5 rings (SSSR count). The molecule has 0 spiro atoms. The first-order valence-corrected chi connectivity index (χ1v) is 14.1. The lowest BCUT2D eigenvalue weighted by molar-refractivity contribution is -0.137. The number of benzene rings is 3. The molecule has 2 heterocycles. The van der Waals surface area contributed by atoms with Crippen LogP contribution in [0.3, 0.4) is 0 Å². The Bertz CT molecular complexity index is 1510. The largest absolute Gasteiger partial charge is 0.508 e. The third-order valence-electron chi connectivity index (χ3n) is 7.20. The number of carbonyl (C=O) groups is 2. The van der Waals surface area contributed by atoms with Crippen LogP contribution in [0.1, 0.15) is 55.7 Å². The van der Waals surface area contributed by atoms with Gasteiger partial charge in [-0.3, -0.25) is 9.59 Å². The third kappa shape index (κ3) is 6.77. The minimum atomic E-state index is -4.42. The highest BCUT2D eigenvalue weighted by Gasteiger charge is 2.31. The minimum absolute atomic E-state index is 0.132. The molecule has 2 amide bonds. The fourth-order valence-corrected chi connectivity index (χ4v) is 5.88. The second-order valence-electron chi connectivity index (χ2n) is 9.93. The van der Waals surface area contributed by atoms with Gasteiger partial charge < -0.3 is 15.3 Å². The van der Waals surface area contributed by atoms with Crippen LogP contribution in [-0.2, 0) is 12.6 Å². The summed E-state index contributed by atoms with van der Waals surface area (Å²) in [5.74, 6) is -0.0655. The summed E-state index contributed by atoms with van der Waals surface area (Å²) in [6, 6.07) is 18.7. The molecule has 3 aromatic carbocycles. The van der Waals surface area contributed by atoms with Gasteiger partial charge in [0.1, 0.15) is 11.4 Å². The van der Waals surface area contributed by atoms with Crippen LogP contribution in [0.4, 0.5) is 13.2 Å². The van der Waals surface area contributed by atoms with Crippen LogP contribution in [0.25, 0.3) is 11.1 Å². The highest BCUT2D eigenvalue weighted by molar-refractivity contribution is 7.09. The standard InChI is InChI=1S/C31H28F3N3O3S/c32-31(33,34)23-9-7-21(8-10-23)25-3-1-2-4-26(25)30(40)37-17-14-22(15-18-37)29-36-27(19-41-29)28(39)35-16-13-20-5-11-24(38)12-6-20/h1-12,19,22,38H,13-18H2,(H,35,39). The number of likely N-dealkylation sites (tertiary alicyclic amines) is 1. The van der Waals surface area contributed by atoms with E-state index < -0.39 is 11.7 Å². The van der Waals surface area contributed by atoms with Gasteiger partial charge in [0.05, 0.1) is 10.6 Å². The molecule has 0 unspecified atom stereocenters. The second-order valence-corrected chi connectivity index (χ2v) is 10.8. The Kier molecular flexibility index (Phi) is 8.39. The Morgan fingerprint density at radius 2 is 1.66 bits per heavy atom. The molecule has 1 aliphatic rings. The summed E-state index contributed by atoms with van der Waals surface area (Å²) in [5.41, 5.74) is 2.24. The number of nitrogens with zero attached hydrogens (tertiary/aromatic N) is 2. The van der Waals surface area contributed by atoms with Crippen molar-refractivity contribution in [2.75, 3.05) is 19.6 Å². The van der Waals surface area contributed by atoms with E-state index in [1.54, 1.807) is 46.7 Å².